The van der Waals surface area contributed by atoms with Crippen LogP contribution < -0.4 is 14.8 Å². The van der Waals surface area contributed by atoms with Crippen molar-refractivity contribution in [3.05, 3.63) is 54.1 Å². The Morgan fingerprint density at radius 3 is 2.76 bits per heavy atom. The molecule has 3 rings (SSSR count). The monoisotopic (exact) mass is 342 g/mol. The van der Waals surface area contributed by atoms with E-state index in [0.717, 1.165) is 11.8 Å². The second kappa shape index (κ2) is 8.16. The van der Waals surface area contributed by atoms with Gasteiger partial charge in [0.05, 0.1) is 0 Å². The fourth-order valence-corrected chi connectivity index (χ4v) is 2.27. The highest BCUT2D eigenvalue weighted by molar-refractivity contribution is 6.31. The number of nitrogens with one attached hydrogen (secondary N) is 1. The van der Waals surface area contributed by atoms with Crippen LogP contribution in [0.25, 0.3) is 0 Å². The van der Waals surface area contributed by atoms with Crippen LogP contribution in [0.5, 0.6) is 11.5 Å². The summed E-state index contributed by atoms with van der Waals surface area (Å²) in [4.78, 5) is 16.8. The molecule has 0 bridgehead atoms. The topological polar surface area (TPSA) is 89.4 Å². The number of nitrogens with zero attached hydrogens (tertiary/aromatic N) is 1. The molecule has 0 fully saturated rings. The molecule has 0 unspecified atom stereocenters. The van der Waals surface area contributed by atoms with Crippen LogP contribution in [0.3, 0.4) is 0 Å². The first-order valence-electron chi connectivity index (χ1n) is 7.81. The summed E-state index contributed by atoms with van der Waals surface area (Å²) in [6.45, 7) is 0.943. The van der Waals surface area contributed by atoms with E-state index in [1.807, 2.05) is 18.2 Å². The van der Waals surface area contributed by atoms with Gasteiger partial charge in [-0.3, -0.25) is 4.79 Å². The van der Waals surface area contributed by atoms with Crippen molar-refractivity contribution < 1.29 is 24.2 Å². The van der Waals surface area contributed by atoms with Crippen molar-refractivity contribution in [1.29, 1.82) is 0 Å². The Morgan fingerprint density at radius 2 is 1.96 bits per heavy atom. The summed E-state index contributed by atoms with van der Waals surface area (Å²) in [6, 6.07) is 14.2. The highest BCUT2D eigenvalue weighted by atomic mass is 16.6. The molecule has 2 N–H and O–H groups in total. The van der Waals surface area contributed by atoms with Gasteiger partial charge in [-0.1, -0.05) is 35.5 Å². The third-order valence-electron chi connectivity index (χ3n) is 3.47. The molecule has 130 valence electrons. The van der Waals surface area contributed by atoms with Crippen molar-refractivity contribution in [2.75, 3.05) is 25.1 Å². The van der Waals surface area contributed by atoms with Gasteiger partial charge in [0.15, 0.2) is 11.5 Å². The molecule has 0 radical (unpaired) electrons. The maximum absolute atomic E-state index is 11.8. The van der Waals surface area contributed by atoms with Gasteiger partial charge in [0.2, 0.25) is 0 Å². The van der Waals surface area contributed by atoms with Crippen molar-refractivity contribution in [2.45, 2.75) is 6.10 Å². The molecule has 2 aromatic rings. The van der Waals surface area contributed by atoms with E-state index in [0.29, 0.717) is 30.4 Å². The van der Waals surface area contributed by atoms with Crippen LogP contribution in [0.2, 0.25) is 0 Å². The molecular weight excluding hydrogens is 324 g/mol. The number of ether oxygens (including phenoxy) is 2. The zero-order valence-corrected chi connectivity index (χ0v) is 13.4. The average molecular weight is 342 g/mol. The van der Waals surface area contributed by atoms with Gasteiger partial charge < -0.3 is 24.7 Å². The minimum absolute atomic E-state index is 0.0438. The molecule has 0 aliphatic carbocycles. The van der Waals surface area contributed by atoms with E-state index in [-0.39, 0.29) is 6.61 Å². The predicted octanol–water partition coefficient (Wildman–Crippen LogP) is 2.13. The summed E-state index contributed by atoms with van der Waals surface area (Å²) >= 11 is 0. The van der Waals surface area contributed by atoms with Crippen LogP contribution in [-0.2, 0) is 9.63 Å². The second-order valence-corrected chi connectivity index (χ2v) is 5.30. The number of carbonyl (C=O) groups excluding carboxylic acids is 1. The van der Waals surface area contributed by atoms with Gasteiger partial charge in [-0.15, -0.1) is 0 Å². The summed E-state index contributed by atoms with van der Waals surface area (Å²) in [7, 11) is 0. The fourth-order valence-electron chi connectivity index (χ4n) is 2.27. The lowest BCUT2D eigenvalue weighted by atomic mass is 10.1. The van der Waals surface area contributed by atoms with E-state index in [1.54, 1.807) is 30.3 Å². The van der Waals surface area contributed by atoms with Gasteiger partial charge in [-0.05, 0) is 17.7 Å². The second-order valence-electron chi connectivity index (χ2n) is 5.30. The smallest absolute Gasteiger partial charge is 0.270 e. The minimum atomic E-state index is -0.806. The Balaban J connectivity index is 1.47. The van der Waals surface area contributed by atoms with Gasteiger partial charge in [0.25, 0.3) is 5.91 Å². The van der Waals surface area contributed by atoms with Crippen molar-refractivity contribution in [3.63, 3.8) is 0 Å². The average Bonchev–Trinajstić information content (AvgIpc) is 2.65. The van der Waals surface area contributed by atoms with Crippen LogP contribution in [-0.4, -0.2) is 37.0 Å². The quantitative estimate of drug-likeness (QED) is 0.620. The van der Waals surface area contributed by atoms with E-state index in [1.165, 1.54) is 0 Å². The largest absolute Gasteiger partial charge is 0.486 e. The molecule has 7 heteroatoms. The normalized spacial score (nSPS) is 14.1. The Hall–Kier alpha value is -3.06. The molecule has 1 aliphatic rings. The minimum Gasteiger partial charge on any atom is -0.486 e. The molecule has 0 spiro atoms. The molecule has 25 heavy (non-hydrogen) atoms. The van der Waals surface area contributed by atoms with Crippen molar-refractivity contribution in [2.24, 2.45) is 5.16 Å². The zero-order valence-electron chi connectivity index (χ0n) is 13.4. The molecule has 1 atom stereocenters. The number of carbonyl (C=O) groups is 1. The molecule has 1 heterocycles. The van der Waals surface area contributed by atoms with Gasteiger partial charge in [0, 0.05) is 11.8 Å². The lowest BCUT2D eigenvalue weighted by molar-refractivity contribution is -0.110. The van der Waals surface area contributed by atoms with Gasteiger partial charge in [-0.2, -0.15) is 0 Å². The summed E-state index contributed by atoms with van der Waals surface area (Å²) in [5.74, 6) is 0.783. The SMILES string of the molecule is O=C(/C=N\OC[C@H](O)c1ccccc1)Nc1ccc2c(c1)OCCO2. The number of aliphatic hydroxyl groups is 1. The summed E-state index contributed by atoms with van der Waals surface area (Å²) < 4.78 is 10.9. The highest BCUT2D eigenvalue weighted by Gasteiger charge is 2.12. The lowest BCUT2D eigenvalue weighted by Crippen LogP contribution is -2.17. The van der Waals surface area contributed by atoms with E-state index in [2.05, 4.69) is 10.5 Å². The van der Waals surface area contributed by atoms with Crippen molar-refractivity contribution in [3.8, 4) is 11.5 Å². The van der Waals surface area contributed by atoms with E-state index in [9.17, 15) is 9.90 Å². The van der Waals surface area contributed by atoms with Crippen LogP contribution in [0.15, 0.2) is 53.7 Å². The number of benzene rings is 2. The number of rotatable bonds is 6. The van der Waals surface area contributed by atoms with E-state index >= 15 is 0 Å². The van der Waals surface area contributed by atoms with E-state index in [4.69, 9.17) is 14.3 Å². The standard InChI is InChI=1S/C18H18N2O5/c21-15(13-4-2-1-3-5-13)12-25-19-11-18(22)20-14-6-7-16-17(10-14)24-9-8-23-16/h1-7,10-11,15,21H,8-9,12H2,(H,20,22)/b19-11-/t15-/m0/s1. The molecular formula is C18H18N2O5. The maximum atomic E-state index is 11.8. The molecule has 0 saturated carbocycles. The molecule has 2 aromatic carbocycles. The number of aliphatic hydroxyl groups excluding tert-OH is 1. The maximum Gasteiger partial charge on any atom is 0.270 e. The summed E-state index contributed by atoms with van der Waals surface area (Å²) in [5.41, 5.74) is 1.28. The van der Waals surface area contributed by atoms with Crippen molar-refractivity contribution >= 4 is 17.8 Å². The first-order valence-corrected chi connectivity index (χ1v) is 7.81. The predicted molar refractivity (Wildman–Crippen MR) is 91.9 cm³/mol. The third kappa shape index (κ3) is 4.71. The number of anilines is 1. The summed E-state index contributed by atoms with van der Waals surface area (Å²) in [6.07, 6.45) is 0.202. The Morgan fingerprint density at radius 1 is 1.20 bits per heavy atom. The Labute approximate surface area is 144 Å². The zero-order chi connectivity index (χ0) is 17.5. The number of oxime groups is 1. The Bertz CT molecular complexity index is 748. The summed E-state index contributed by atoms with van der Waals surface area (Å²) in [5, 5.41) is 16.1. The molecule has 7 nitrogen and oxygen atoms in total. The fraction of sp³-hybridized carbons (Fsp3) is 0.222. The number of hydrogen-bond acceptors (Lipinski definition) is 6. The first-order chi connectivity index (χ1) is 12.2. The van der Waals surface area contributed by atoms with Gasteiger partial charge >= 0.3 is 0 Å². The molecule has 0 saturated heterocycles. The van der Waals surface area contributed by atoms with Crippen LogP contribution >= 0.6 is 0 Å². The van der Waals surface area contributed by atoms with Crippen molar-refractivity contribution in [1.82, 2.24) is 0 Å². The lowest BCUT2D eigenvalue weighted by Gasteiger charge is -2.18. The Kier molecular flexibility index (Phi) is 5.48. The number of hydrogen-bond donors (Lipinski definition) is 2. The molecule has 1 aliphatic heterocycles. The first kappa shape index (κ1) is 16.8. The molecule has 0 aromatic heterocycles. The third-order valence-corrected chi connectivity index (χ3v) is 3.47. The van der Waals surface area contributed by atoms with Crippen LogP contribution in [0.1, 0.15) is 11.7 Å². The number of fused-ring (bicyclic) bond motifs is 1. The number of amides is 1. The van der Waals surface area contributed by atoms with Gasteiger partial charge in [0.1, 0.15) is 32.1 Å². The van der Waals surface area contributed by atoms with Crippen LogP contribution in [0.4, 0.5) is 5.69 Å². The molecule has 1 amide bonds. The van der Waals surface area contributed by atoms with Gasteiger partial charge in [-0.25, -0.2) is 0 Å². The van der Waals surface area contributed by atoms with E-state index < -0.39 is 12.0 Å². The highest BCUT2D eigenvalue weighted by Crippen LogP contribution is 2.32. The van der Waals surface area contributed by atoms with Crippen LogP contribution in [0, 0.1) is 0 Å².